The second-order valence-electron chi connectivity index (χ2n) is 3.57. The molecule has 1 aliphatic carbocycles. The van der Waals surface area contributed by atoms with Crippen LogP contribution in [0.3, 0.4) is 0 Å². The molecule has 2 saturated heterocycles. The number of hydrogen-bond acceptors (Lipinski definition) is 2. The van der Waals surface area contributed by atoms with Gasteiger partial charge in [-0.3, -0.25) is 4.79 Å². The number of carbonyl (C=O) groups excluding carboxylic acids is 1. The smallest absolute Gasteiger partial charge is 0.224 e. The second-order valence-corrected chi connectivity index (χ2v) is 4.60. The third-order valence-corrected chi connectivity index (χ3v) is 4.41. The first-order valence-electron chi connectivity index (χ1n) is 3.71. The van der Waals surface area contributed by atoms with E-state index in [1.165, 1.54) is 12.2 Å². The highest BCUT2D eigenvalue weighted by molar-refractivity contribution is 7.99. The molecule has 1 N–H and O–H groups in total. The molecule has 0 aromatic rings. The Kier molecular flexibility index (Phi) is 0.751. The zero-order valence-corrected chi connectivity index (χ0v) is 6.41. The Morgan fingerprint density at radius 2 is 2.60 bits per heavy atom. The van der Waals surface area contributed by atoms with Crippen LogP contribution in [-0.4, -0.2) is 23.5 Å². The van der Waals surface area contributed by atoms with Gasteiger partial charge in [-0.15, -0.1) is 0 Å². The fourth-order valence-corrected chi connectivity index (χ4v) is 3.98. The lowest BCUT2D eigenvalue weighted by Gasteiger charge is -2.10. The molecule has 1 spiro atoms. The molecule has 2 aliphatic heterocycles. The third kappa shape index (κ3) is 0.409. The van der Waals surface area contributed by atoms with Gasteiger partial charge in [-0.05, 0) is 6.42 Å². The number of piperidine rings is 1. The molecule has 2 heterocycles. The van der Waals surface area contributed by atoms with Gasteiger partial charge in [-0.2, -0.15) is 11.8 Å². The normalized spacial score (nSPS) is 55.8. The Morgan fingerprint density at radius 1 is 1.70 bits per heavy atom. The van der Waals surface area contributed by atoms with E-state index in [2.05, 4.69) is 5.32 Å². The Balaban J connectivity index is 2.02. The summed E-state index contributed by atoms with van der Waals surface area (Å²) in [5.74, 6) is 3.11. The molecule has 2 nitrogen and oxygen atoms in total. The van der Waals surface area contributed by atoms with Crippen molar-refractivity contribution in [1.82, 2.24) is 5.32 Å². The van der Waals surface area contributed by atoms with Gasteiger partial charge in [0.2, 0.25) is 5.91 Å². The van der Waals surface area contributed by atoms with Crippen molar-refractivity contribution in [2.45, 2.75) is 12.5 Å². The van der Waals surface area contributed by atoms with Crippen molar-refractivity contribution in [3.8, 4) is 0 Å². The maximum absolute atomic E-state index is 11.1. The monoisotopic (exact) mass is 155 g/mol. The van der Waals surface area contributed by atoms with Crippen LogP contribution in [0.1, 0.15) is 6.42 Å². The summed E-state index contributed by atoms with van der Waals surface area (Å²) in [6.07, 6.45) is 1.18. The fraction of sp³-hybridized carbons (Fsp3) is 0.857. The van der Waals surface area contributed by atoms with Gasteiger partial charge in [0.15, 0.2) is 0 Å². The number of carbonyl (C=O) groups is 1. The number of nitrogens with one attached hydrogen (secondary N) is 1. The predicted octanol–water partition coefficient (Wildman–Crippen LogP) is 0.238. The molecule has 0 bridgehead atoms. The lowest BCUT2D eigenvalue weighted by molar-refractivity contribution is -0.121. The summed E-state index contributed by atoms with van der Waals surface area (Å²) < 4.78 is 0. The first-order valence-corrected chi connectivity index (χ1v) is 4.86. The average Bonchev–Trinajstić information content (AvgIpc) is 2.37. The summed E-state index contributed by atoms with van der Waals surface area (Å²) in [4.78, 5) is 11.1. The summed E-state index contributed by atoms with van der Waals surface area (Å²) in [5.41, 5.74) is 0.446. The summed E-state index contributed by atoms with van der Waals surface area (Å²) in [6.45, 7) is 0. The Morgan fingerprint density at radius 3 is 3.30 bits per heavy atom. The predicted molar refractivity (Wildman–Crippen MR) is 39.8 cm³/mol. The van der Waals surface area contributed by atoms with E-state index in [0.717, 1.165) is 5.75 Å². The van der Waals surface area contributed by atoms with Gasteiger partial charge < -0.3 is 5.32 Å². The lowest BCUT2D eigenvalue weighted by atomic mass is 10.0. The van der Waals surface area contributed by atoms with Gasteiger partial charge in [0.05, 0.1) is 0 Å². The molecule has 3 heteroatoms. The quantitative estimate of drug-likeness (QED) is 0.543. The van der Waals surface area contributed by atoms with E-state index >= 15 is 0 Å². The highest BCUT2D eigenvalue weighted by atomic mass is 32.2. The minimum Gasteiger partial charge on any atom is -0.352 e. The number of rotatable bonds is 0. The van der Waals surface area contributed by atoms with Crippen molar-refractivity contribution in [3.63, 3.8) is 0 Å². The Labute approximate surface area is 63.7 Å². The maximum atomic E-state index is 11.1. The first-order chi connectivity index (χ1) is 4.83. The molecule has 1 amide bonds. The highest BCUT2D eigenvalue weighted by Gasteiger charge is 2.69. The topological polar surface area (TPSA) is 29.1 Å². The zero-order chi connectivity index (χ0) is 6.77. The van der Waals surface area contributed by atoms with Crippen molar-refractivity contribution < 1.29 is 4.79 Å². The molecule has 3 rings (SSSR count). The molecule has 3 unspecified atom stereocenters. The minimum atomic E-state index is 0.324. The van der Waals surface area contributed by atoms with E-state index in [9.17, 15) is 4.79 Å². The van der Waals surface area contributed by atoms with Crippen molar-refractivity contribution >= 4 is 17.7 Å². The number of thioether (sulfide) groups is 1. The van der Waals surface area contributed by atoms with E-state index < -0.39 is 0 Å². The van der Waals surface area contributed by atoms with E-state index in [-0.39, 0.29) is 0 Å². The van der Waals surface area contributed by atoms with Gasteiger partial charge in [0, 0.05) is 28.9 Å². The Bertz CT molecular complexity index is 218. The minimum absolute atomic E-state index is 0.324. The SMILES string of the molecule is O=C1NC2CSCC23CC13. The largest absolute Gasteiger partial charge is 0.352 e. The third-order valence-electron chi connectivity index (χ3n) is 3.10. The molecular formula is C7H9NOS. The summed E-state index contributed by atoms with van der Waals surface area (Å²) in [7, 11) is 0. The van der Waals surface area contributed by atoms with Gasteiger partial charge >= 0.3 is 0 Å². The summed E-state index contributed by atoms with van der Waals surface area (Å²) in [6, 6.07) is 0.537. The van der Waals surface area contributed by atoms with Crippen LogP contribution in [0.5, 0.6) is 0 Å². The van der Waals surface area contributed by atoms with E-state index in [0.29, 0.717) is 23.3 Å². The van der Waals surface area contributed by atoms with Crippen molar-refractivity contribution in [2.24, 2.45) is 11.3 Å². The maximum Gasteiger partial charge on any atom is 0.224 e. The molecule has 0 aromatic carbocycles. The van der Waals surface area contributed by atoms with Gasteiger partial charge in [0.25, 0.3) is 0 Å². The van der Waals surface area contributed by atoms with Crippen LogP contribution in [0, 0.1) is 11.3 Å². The van der Waals surface area contributed by atoms with Crippen molar-refractivity contribution in [1.29, 1.82) is 0 Å². The van der Waals surface area contributed by atoms with Gasteiger partial charge in [-0.1, -0.05) is 0 Å². The number of amides is 1. The molecule has 3 atom stereocenters. The van der Waals surface area contributed by atoms with E-state index in [4.69, 9.17) is 0 Å². The zero-order valence-electron chi connectivity index (χ0n) is 5.59. The molecule has 0 radical (unpaired) electrons. The molecule has 0 aromatic heterocycles. The molecule has 3 aliphatic rings. The number of hydrogen-bond donors (Lipinski definition) is 1. The van der Waals surface area contributed by atoms with Crippen molar-refractivity contribution in [2.75, 3.05) is 11.5 Å². The summed E-state index contributed by atoms with van der Waals surface area (Å²) >= 11 is 1.99. The standard InChI is InChI=1S/C7H9NOS/c9-6-4-1-7(4)3-10-2-5(7)8-6/h4-5H,1-3H2,(H,8,9). The Hall–Kier alpha value is -0.180. The first kappa shape index (κ1) is 5.47. The molecule has 54 valence electrons. The molecular weight excluding hydrogens is 146 g/mol. The summed E-state index contributed by atoms with van der Waals surface area (Å²) in [5, 5.41) is 3.05. The molecule has 10 heavy (non-hydrogen) atoms. The van der Waals surface area contributed by atoms with Crippen LogP contribution >= 0.6 is 11.8 Å². The van der Waals surface area contributed by atoms with E-state index in [1.54, 1.807) is 0 Å². The van der Waals surface area contributed by atoms with Crippen LogP contribution in [0.25, 0.3) is 0 Å². The van der Waals surface area contributed by atoms with E-state index in [1.807, 2.05) is 11.8 Å². The lowest BCUT2D eigenvalue weighted by Crippen LogP contribution is -2.33. The highest BCUT2D eigenvalue weighted by Crippen LogP contribution is 2.64. The van der Waals surface area contributed by atoms with Crippen LogP contribution in [-0.2, 0) is 4.79 Å². The van der Waals surface area contributed by atoms with Gasteiger partial charge in [-0.25, -0.2) is 0 Å². The van der Waals surface area contributed by atoms with Crippen LogP contribution in [0.15, 0.2) is 0 Å². The van der Waals surface area contributed by atoms with Gasteiger partial charge in [0.1, 0.15) is 0 Å². The second kappa shape index (κ2) is 1.37. The van der Waals surface area contributed by atoms with Crippen LogP contribution in [0.4, 0.5) is 0 Å². The van der Waals surface area contributed by atoms with Crippen LogP contribution < -0.4 is 5.32 Å². The fourth-order valence-electron chi connectivity index (χ4n) is 2.31. The van der Waals surface area contributed by atoms with Crippen molar-refractivity contribution in [3.05, 3.63) is 0 Å². The molecule has 1 saturated carbocycles. The van der Waals surface area contributed by atoms with Crippen LogP contribution in [0.2, 0.25) is 0 Å². The average molecular weight is 155 g/mol. The molecule has 3 fully saturated rings.